The van der Waals surface area contributed by atoms with Crippen LogP contribution in [0.5, 0.6) is 0 Å². The lowest BCUT2D eigenvalue weighted by molar-refractivity contribution is -0.314. The Kier molecular flexibility index (Phi) is 9.43. The molecule has 0 spiro atoms. The number of carbonyl (C=O) groups excluding carboxylic acids is 1. The summed E-state index contributed by atoms with van der Waals surface area (Å²) in [4.78, 5) is 13.3. The van der Waals surface area contributed by atoms with Crippen molar-refractivity contribution in [2.75, 3.05) is 19.8 Å². The smallest absolute Gasteiger partial charge is 0.187 e. The molecule has 2 aliphatic heterocycles. The van der Waals surface area contributed by atoms with Gasteiger partial charge >= 0.3 is 0 Å². The molecule has 2 fully saturated rings. The number of ether oxygens (including phenoxy) is 4. The summed E-state index contributed by atoms with van der Waals surface area (Å²) in [6.45, 7) is 4.17. The Balaban J connectivity index is 1.50. The lowest BCUT2D eigenvalue weighted by Crippen LogP contribution is -2.59. The molecule has 0 radical (unpaired) electrons. The van der Waals surface area contributed by atoms with Gasteiger partial charge in [0.1, 0.15) is 48.8 Å². The lowest BCUT2D eigenvalue weighted by atomic mass is 9.92. The molecule has 8 N–H and O–H groups in total. The summed E-state index contributed by atoms with van der Waals surface area (Å²) in [5, 5.41) is 79.5. The highest BCUT2D eigenvalue weighted by Crippen LogP contribution is 2.43. The lowest BCUT2D eigenvalue weighted by Gasteiger charge is -2.41. The van der Waals surface area contributed by atoms with Gasteiger partial charge in [-0.05, 0) is 42.5 Å². The minimum Gasteiger partial charge on any atom is -0.394 e. The summed E-state index contributed by atoms with van der Waals surface area (Å²) < 4.78 is 22.5. The fourth-order valence-electron chi connectivity index (χ4n) is 5.62. The van der Waals surface area contributed by atoms with Gasteiger partial charge in [0, 0.05) is 5.56 Å². The van der Waals surface area contributed by atoms with E-state index in [4.69, 9.17) is 18.9 Å². The molecule has 2 saturated heterocycles. The van der Waals surface area contributed by atoms with Gasteiger partial charge in [0.2, 0.25) is 0 Å². The minimum atomic E-state index is -1.61. The summed E-state index contributed by atoms with van der Waals surface area (Å²) in [6, 6.07) is 1.79. The third-order valence-corrected chi connectivity index (χ3v) is 8.00. The van der Waals surface area contributed by atoms with Crippen molar-refractivity contribution in [3.05, 3.63) is 33.9 Å². The third kappa shape index (κ3) is 5.52. The van der Waals surface area contributed by atoms with Crippen molar-refractivity contribution in [3.8, 4) is 0 Å². The monoisotopic (exact) mass is 558 g/mol. The van der Waals surface area contributed by atoms with E-state index in [1.807, 2.05) is 6.92 Å². The highest BCUT2D eigenvalue weighted by atomic mass is 16.7. The zero-order valence-corrected chi connectivity index (χ0v) is 22.0. The second-order valence-corrected chi connectivity index (χ2v) is 10.5. The second kappa shape index (κ2) is 12.1. The van der Waals surface area contributed by atoms with Crippen molar-refractivity contribution < 1.29 is 64.6 Å². The predicted octanol–water partition coefficient (Wildman–Crippen LogP) is -2.65. The molecule has 0 saturated carbocycles. The Labute approximate surface area is 225 Å². The summed E-state index contributed by atoms with van der Waals surface area (Å²) in [7, 11) is 0. The van der Waals surface area contributed by atoms with Crippen molar-refractivity contribution in [2.45, 2.75) is 94.7 Å². The van der Waals surface area contributed by atoms with Gasteiger partial charge in [-0.3, -0.25) is 4.79 Å². The van der Waals surface area contributed by atoms with Gasteiger partial charge in [0.15, 0.2) is 18.4 Å². The maximum Gasteiger partial charge on any atom is 0.187 e. The molecule has 2 heterocycles. The van der Waals surface area contributed by atoms with Crippen LogP contribution in [0.1, 0.15) is 45.6 Å². The molecule has 4 rings (SSSR count). The van der Waals surface area contributed by atoms with Gasteiger partial charge < -0.3 is 59.8 Å². The maximum atomic E-state index is 13.3. The van der Waals surface area contributed by atoms with Crippen LogP contribution in [0.25, 0.3) is 0 Å². The molecule has 1 aromatic carbocycles. The predicted molar refractivity (Wildman–Crippen MR) is 130 cm³/mol. The van der Waals surface area contributed by atoms with Crippen molar-refractivity contribution >= 4 is 5.78 Å². The molecule has 0 unspecified atom stereocenters. The number of hydrogen-bond donors (Lipinski definition) is 8. The fraction of sp³-hybridized carbons (Fsp3) is 0.731. The van der Waals surface area contributed by atoms with E-state index in [0.717, 1.165) is 11.1 Å². The molecule has 0 aromatic heterocycles. The zero-order chi connectivity index (χ0) is 28.8. The Bertz CT molecular complexity index is 1030. The van der Waals surface area contributed by atoms with Gasteiger partial charge in [0.25, 0.3) is 0 Å². The van der Waals surface area contributed by atoms with Gasteiger partial charge in [-0.15, -0.1) is 0 Å². The average Bonchev–Trinajstić information content (AvgIpc) is 3.14. The van der Waals surface area contributed by atoms with E-state index in [2.05, 4.69) is 0 Å². The molecular weight excluding hydrogens is 520 g/mol. The Hall–Kier alpha value is -1.59. The van der Waals surface area contributed by atoms with E-state index in [0.29, 0.717) is 23.1 Å². The molecule has 1 aliphatic carbocycles. The Morgan fingerprint density at radius 2 is 1.36 bits per heavy atom. The number of ketones is 1. The summed E-state index contributed by atoms with van der Waals surface area (Å²) in [5.74, 6) is -0.834. The van der Waals surface area contributed by atoms with Crippen LogP contribution < -0.4 is 0 Å². The first kappa shape index (κ1) is 30.4. The normalized spacial score (nSPS) is 40.6. The molecule has 12 atom stereocenters. The quantitative estimate of drug-likeness (QED) is 0.164. The number of rotatable bonds is 8. The first-order valence-electron chi connectivity index (χ1n) is 13.0. The van der Waals surface area contributed by atoms with Crippen LogP contribution in [0.3, 0.4) is 0 Å². The molecular formula is C26H38O13. The molecule has 39 heavy (non-hydrogen) atoms. The van der Waals surface area contributed by atoms with Crippen LogP contribution >= 0.6 is 0 Å². The van der Waals surface area contributed by atoms with E-state index >= 15 is 0 Å². The average molecular weight is 559 g/mol. The van der Waals surface area contributed by atoms with Crippen molar-refractivity contribution in [1.29, 1.82) is 0 Å². The number of aliphatic hydroxyl groups excluding tert-OH is 8. The first-order valence-corrected chi connectivity index (χ1v) is 13.0. The van der Waals surface area contributed by atoms with Crippen molar-refractivity contribution in [3.63, 3.8) is 0 Å². The van der Waals surface area contributed by atoms with E-state index in [1.54, 1.807) is 19.9 Å². The van der Waals surface area contributed by atoms with Crippen LogP contribution in [0.4, 0.5) is 0 Å². The first-order chi connectivity index (χ1) is 18.4. The maximum absolute atomic E-state index is 13.3. The van der Waals surface area contributed by atoms with E-state index in [9.17, 15) is 45.6 Å². The number of carbonyl (C=O) groups is 1. The Morgan fingerprint density at radius 3 is 1.92 bits per heavy atom. The highest BCUT2D eigenvalue weighted by Gasteiger charge is 2.48. The molecule has 3 aliphatic rings. The molecule has 220 valence electrons. The fourth-order valence-corrected chi connectivity index (χ4v) is 5.62. The van der Waals surface area contributed by atoms with Crippen LogP contribution in [0, 0.1) is 19.8 Å². The topological polar surface area (TPSA) is 216 Å². The number of Topliss-reactive ketones (excluding diaryl/α,β-unsaturated/α-hetero) is 1. The number of aliphatic hydroxyl groups is 8. The van der Waals surface area contributed by atoms with E-state index in [1.165, 1.54) is 0 Å². The number of aryl methyl sites for hydroxylation is 1. The minimum absolute atomic E-state index is 0.0394. The molecule has 13 heteroatoms. The SMILES string of the molecule is Cc1cc2c(c(C)c1CCO[C@@H]1O[C@H](CO)[C@@H](O)[C@H](O)[C@H]1O)C(=O)[C@H](C)[C@@H]2O[C@H]1O[C@@H](CO)[C@H](O)[C@@H](O)[C@@H]1O. The molecule has 0 bridgehead atoms. The van der Waals surface area contributed by atoms with Gasteiger partial charge in [-0.25, -0.2) is 0 Å². The van der Waals surface area contributed by atoms with Crippen LogP contribution in [-0.4, -0.2) is 128 Å². The molecule has 1 aromatic rings. The summed E-state index contributed by atoms with van der Waals surface area (Å²) >= 11 is 0. The second-order valence-electron chi connectivity index (χ2n) is 10.5. The summed E-state index contributed by atoms with van der Waals surface area (Å²) in [5.41, 5.74) is 3.35. The third-order valence-electron chi connectivity index (χ3n) is 8.00. The highest BCUT2D eigenvalue weighted by molar-refractivity contribution is 6.04. The van der Waals surface area contributed by atoms with Gasteiger partial charge in [0.05, 0.1) is 31.8 Å². The van der Waals surface area contributed by atoms with Crippen molar-refractivity contribution in [2.24, 2.45) is 5.92 Å². The van der Waals surface area contributed by atoms with Gasteiger partial charge in [-0.2, -0.15) is 0 Å². The van der Waals surface area contributed by atoms with Crippen molar-refractivity contribution in [1.82, 2.24) is 0 Å². The van der Waals surface area contributed by atoms with Crippen LogP contribution in [-0.2, 0) is 25.4 Å². The van der Waals surface area contributed by atoms with E-state index in [-0.39, 0.29) is 12.4 Å². The summed E-state index contributed by atoms with van der Waals surface area (Å²) in [6.07, 6.45) is -14.7. The standard InChI is InChI=1S/C26H38O13/c1-9-6-13-16(10(2)12(9)4-5-36-25-22(34)20(32)18(30)14(7-27)37-25)17(29)11(3)24(13)39-26-23(35)21(33)19(31)15(8-28)38-26/h6,11,14-15,18-28,30-35H,4-5,7-8H2,1-3H3/t11-,14+,15-,18+,19-,20-,21+,22+,23-,24-,25+,26+/m0/s1. The number of fused-ring (bicyclic) bond motifs is 1. The Morgan fingerprint density at radius 1 is 0.821 bits per heavy atom. The number of benzene rings is 1. The zero-order valence-electron chi connectivity index (χ0n) is 22.0. The largest absolute Gasteiger partial charge is 0.394 e. The molecule has 0 amide bonds. The van der Waals surface area contributed by atoms with Crippen LogP contribution in [0.2, 0.25) is 0 Å². The molecule has 13 nitrogen and oxygen atoms in total. The van der Waals surface area contributed by atoms with E-state index < -0.39 is 86.6 Å². The number of hydrogen-bond acceptors (Lipinski definition) is 13. The van der Waals surface area contributed by atoms with Gasteiger partial charge in [-0.1, -0.05) is 13.0 Å². The van der Waals surface area contributed by atoms with Crippen LogP contribution in [0.15, 0.2) is 6.07 Å².